The van der Waals surface area contributed by atoms with Gasteiger partial charge in [0.2, 0.25) is 5.95 Å². The third-order valence-electron chi connectivity index (χ3n) is 5.33. The molecule has 0 aliphatic carbocycles. The number of hydrogen-bond acceptors (Lipinski definition) is 7. The largest absolute Gasteiger partial charge is 0.481 e. The second-order valence-electron chi connectivity index (χ2n) is 7.57. The second-order valence-corrected chi connectivity index (χ2v) is 7.57. The molecular formula is C18H28N4O4. The highest BCUT2D eigenvalue weighted by molar-refractivity contribution is 5.82. The minimum Gasteiger partial charge on any atom is -0.481 e. The van der Waals surface area contributed by atoms with Crippen LogP contribution in [0.25, 0.3) is 0 Å². The Labute approximate surface area is 153 Å². The molecule has 0 aromatic carbocycles. The van der Waals surface area contributed by atoms with Gasteiger partial charge in [0.15, 0.2) is 0 Å². The number of ether oxygens (including phenoxy) is 1. The van der Waals surface area contributed by atoms with Crippen LogP contribution in [-0.4, -0.2) is 72.1 Å². The average Bonchev–Trinajstić information content (AvgIpc) is 2.68. The number of piperidine rings is 1. The van der Waals surface area contributed by atoms with Crippen molar-refractivity contribution in [3.05, 3.63) is 11.8 Å². The van der Waals surface area contributed by atoms with Crippen LogP contribution >= 0.6 is 0 Å². The topological polar surface area (TPSA) is 99.0 Å². The van der Waals surface area contributed by atoms with Gasteiger partial charge in [-0.15, -0.1) is 0 Å². The first-order valence-electron chi connectivity index (χ1n) is 9.23. The lowest BCUT2D eigenvalue weighted by Crippen LogP contribution is -2.41. The van der Waals surface area contributed by atoms with Crippen LogP contribution in [0.1, 0.15) is 32.3 Å². The SMILES string of the molecule is CC(C)(C(=O)O)c1cnc(N2CCC[C@@H](CO)C2)nc1N1CCOCC1. The maximum Gasteiger partial charge on any atom is 0.313 e. The van der Waals surface area contributed by atoms with Crippen molar-refractivity contribution in [3.63, 3.8) is 0 Å². The molecule has 2 saturated heterocycles. The average molecular weight is 364 g/mol. The van der Waals surface area contributed by atoms with Gasteiger partial charge in [-0.05, 0) is 32.6 Å². The van der Waals surface area contributed by atoms with E-state index in [-0.39, 0.29) is 12.5 Å². The summed E-state index contributed by atoms with van der Waals surface area (Å²) in [5.74, 6) is 0.613. The third-order valence-corrected chi connectivity index (χ3v) is 5.33. The summed E-state index contributed by atoms with van der Waals surface area (Å²) in [7, 11) is 0. The number of anilines is 2. The number of aliphatic carboxylic acids is 1. The molecule has 0 bridgehead atoms. The summed E-state index contributed by atoms with van der Waals surface area (Å²) in [5, 5.41) is 19.1. The number of morpholine rings is 1. The van der Waals surface area contributed by atoms with Gasteiger partial charge in [-0.1, -0.05) is 0 Å². The molecule has 2 fully saturated rings. The number of carboxylic acids is 1. The van der Waals surface area contributed by atoms with Crippen LogP contribution in [-0.2, 0) is 14.9 Å². The number of nitrogens with zero attached hydrogens (tertiary/aromatic N) is 4. The summed E-state index contributed by atoms with van der Waals surface area (Å²) in [4.78, 5) is 25.2. The summed E-state index contributed by atoms with van der Waals surface area (Å²) in [6.45, 7) is 7.65. The molecule has 1 aromatic heterocycles. The molecular weight excluding hydrogens is 336 g/mol. The highest BCUT2D eigenvalue weighted by Gasteiger charge is 2.35. The fraction of sp³-hybridized carbons (Fsp3) is 0.722. The fourth-order valence-electron chi connectivity index (χ4n) is 3.48. The van der Waals surface area contributed by atoms with Gasteiger partial charge in [0.05, 0.1) is 18.6 Å². The number of rotatable bonds is 5. The molecule has 3 rings (SSSR count). The van der Waals surface area contributed by atoms with Crippen LogP contribution in [0.2, 0.25) is 0 Å². The first-order chi connectivity index (χ1) is 12.4. The zero-order valence-corrected chi connectivity index (χ0v) is 15.5. The molecule has 3 heterocycles. The minimum atomic E-state index is -1.08. The Morgan fingerprint density at radius 3 is 2.69 bits per heavy atom. The number of hydrogen-bond donors (Lipinski definition) is 2. The van der Waals surface area contributed by atoms with Crippen molar-refractivity contribution in [1.29, 1.82) is 0 Å². The van der Waals surface area contributed by atoms with Gasteiger partial charge in [0.1, 0.15) is 5.82 Å². The number of carboxylic acid groups (broad SMARTS) is 1. The monoisotopic (exact) mass is 364 g/mol. The summed E-state index contributed by atoms with van der Waals surface area (Å²) >= 11 is 0. The quantitative estimate of drug-likeness (QED) is 0.795. The highest BCUT2D eigenvalue weighted by atomic mass is 16.5. The van der Waals surface area contributed by atoms with Crippen molar-refractivity contribution in [3.8, 4) is 0 Å². The van der Waals surface area contributed by atoms with Gasteiger partial charge >= 0.3 is 5.97 Å². The van der Waals surface area contributed by atoms with Gasteiger partial charge in [0, 0.05) is 44.5 Å². The van der Waals surface area contributed by atoms with E-state index in [1.165, 1.54) is 0 Å². The molecule has 0 radical (unpaired) electrons. The Morgan fingerprint density at radius 1 is 1.31 bits per heavy atom. The molecule has 8 nitrogen and oxygen atoms in total. The highest BCUT2D eigenvalue weighted by Crippen LogP contribution is 2.33. The van der Waals surface area contributed by atoms with Crippen molar-refractivity contribution >= 4 is 17.7 Å². The maximum atomic E-state index is 11.8. The Hall–Kier alpha value is -1.93. The lowest BCUT2D eigenvalue weighted by Gasteiger charge is -2.35. The molecule has 2 N–H and O–H groups in total. The second kappa shape index (κ2) is 7.75. The standard InChI is InChI=1S/C18H28N4O4/c1-18(2,16(24)25)14-10-19-17(22-5-3-4-13(11-22)12-23)20-15(14)21-6-8-26-9-7-21/h10,13,23H,3-9,11-12H2,1-2H3,(H,24,25)/t13-/m1/s1. The van der Waals surface area contributed by atoms with Crippen molar-refractivity contribution in [2.75, 3.05) is 55.8 Å². The van der Waals surface area contributed by atoms with Gasteiger partial charge in [-0.2, -0.15) is 4.98 Å². The lowest BCUT2D eigenvalue weighted by molar-refractivity contribution is -0.142. The maximum absolute atomic E-state index is 11.8. The van der Waals surface area contributed by atoms with Gasteiger partial charge < -0.3 is 24.7 Å². The number of carbonyl (C=O) groups is 1. The smallest absolute Gasteiger partial charge is 0.313 e. The molecule has 2 aliphatic heterocycles. The van der Waals surface area contributed by atoms with E-state index in [1.807, 2.05) is 0 Å². The Balaban J connectivity index is 1.97. The number of aliphatic hydroxyl groups is 1. The number of aromatic nitrogens is 2. The summed E-state index contributed by atoms with van der Waals surface area (Å²) in [5.41, 5.74) is -0.465. The van der Waals surface area contributed by atoms with E-state index in [2.05, 4.69) is 14.8 Å². The van der Waals surface area contributed by atoms with Crippen molar-refractivity contribution in [1.82, 2.24) is 9.97 Å². The van der Waals surface area contributed by atoms with E-state index in [1.54, 1.807) is 20.0 Å². The normalized spacial score (nSPS) is 21.7. The zero-order valence-electron chi connectivity index (χ0n) is 15.5. The predicted octanol–water partition coefficient (Wildman–Crippen LogP) is 0.884. The summed E-state index contributed by atoms with van der Waals surface area (Å²) < 4.78 is 5.43. The lowest BCUT2D eigenvalue weighted by atomic mass is 9.85. The fourth-order valence-corrected chi connectivity index (χ4v) is 3.48. The van der Waals surface area contributed by atoms with Crippen LogP contribution in [0.4, 0.5) is 11.8 Å². The van der Waals surface area contributed by atoms with Crippen LogP contribution in [0.3, 0.4) is 0 Å². The molecule has 2 aliphatic rings. The van der Waals surface area contributed by atoms with Crippen molar-refractivity contribution in [2.45, 2.75) is 32.1 Å². The van der Waals surface area contributed by atoms with E-state index >= 15 is 0 Å². The predicted molar refractivity (Wildman–Crippen MR) is 97.7 cm³/mol. The van der Waals surface area contributed by atoms with Gasteiger partial charge in [-0.3, -0.25) is 4.79 Å². The Bertz CT molecular complexity index is 646. The number of aliphatic hydroxyl groups excluding tert-OH is 1. The molecule has 26 heavy (non-hydrogen) atoms. The van der Waals surface area contributed by atoms with Crippen LogP contribution in [0, 0.1) is 5.92 Å². The minimum absolute atomic E-state index is 0.164. The van der Waals surface area contributed by atoms with E-state index < -0.39 is 11.4 Å². The molecule has 1 aromatic rings. The molecule has 0 unspecified atom stereocenters. The van der Waals surface area contributed by atoms with Crippen LogP contribution in [0.5, 0.6) is 0 Å². The third kappa shape index (κ3) is 3.76. The molecule has 0 spiro atoms. The van der Waals surface area contributed by atoms with Crippen LogP contribution < -0.4 is 9.80 Å². The molecule has 8 heteroatoms. The van der Waals surface area contributed by atoms with E-state index in [0.29, 0.717) is 43.6 Å². The molecule has 0 saturated carbocycles. The van der Waals surface area contributed by atoms with Crippen LogP contribution in [0.15, 0.2) is 6.20 Å². The first-order valence-corrected chi connectivity index (χ1v) is 9.23. The first kappa shape index (κ1) is 18.8. The summed E-state index contributed by atoms with van der Waals surface area (Å²) in [6.07, 6.45) is 3.65. The zero-order chi connectivity index (χ0) is 18.7. The van der Waals surface area contributed by atoms with Gasteiger partial charge in [0.25, 0.3) is 0 Å². The summed E-state index contributed by atoms with van der Waals surface area (Å²) in [6, 6.07) is 0. The Morgan fingerprint density at radius 2 is 2.04 bits per heavy atom. The van der Waals surface area contributed by atoms with E-state index in [9.17, 15) is 15.0 Å². The van der Waals surface area contributed by atoms with Gasteiger partial charge in [-0.25, -0.2) is 4.98 Å². The van der Waals surface area contributed by atoms with Crippen molar-refractivity contribution in [2.24, 2.45) is 5.92 Å². The van der Waals surface area contributed by atoms with E-state index in [0.717, 1.165) is 25.9 Å². The molecule has 1 atom stereocenters. The van der Waals surface area contributed by atoms with E-state index in [4.69, 9.17) is 9.72 Å². The molecule has 144 valence electrons. The van der Waals surface area contributed by atoms with Crippen molar-refractivity contribution < 1.29 is 19.7 Å². The molecule has 0 amide bonds. The Kier molecular flexibility index (Phi) is 5.62.